The van der Waals surface area contributed by atoms with Crippen molar-refractivity contribution in [2.75, 3.05) is 6.61 Å². The quantitative estimate of drug-likeness (QED) is 0.768. The van der Waals surface area contributed by atoms with Gasteiger partial charge in [-0.1, -0.05) is 0 Å². The molecule has 0 amide bonds. The first-order chi connectivity index (χ1) is 5.77. The van der Waals surface area contributed by atoms with Crippen molar-refractivity contribution in [1.29, 1.82) is 0 Å². The molecule has 3 nitrogen and oxygen atoms in total. The zero-order valence-corrected chi connectivity index (χ0v) is 9.11. The van der Waals surface area contributed by atoms with Gasteiger partial charge in [0.1, 0.15) is 3.70 Å². The number of nitrogens with zero attached hydrogens (tertiary/aromatic N) is 2. The summed E-state index contributed by atoms with van der Waals surface area (Å²) >= 11 is 2.25. The summed E-state index contributed by atoms with van der Waals surface area (Å²) in [5.41, 5.74) is 1.24. The van der Waals surface area contributed by atoms with E-state index in [4.69, 9.17) is 4.74 Å². The fourth-order valence-corrected chi connectivity index (χ4v) is 1.69. The number of aromatic nitrogens is 2. The molecule has 0 radical (unpaired) electrons. The van der Waals surface area contributed by atoms with E-state index in [0.29, 0.717) is 6.10 Å². The van der Waals surface area contributed by atoms with E-state index in [1.807, 2.05) is 6.33 Å². The number of halogens is 1. The van der Waals surface area contributed by atoms with Crippen LogP contribution >= 0.6 is 22.6 Å². The standard InChI is InChI=1S/C8H11IN2O/c1-6-8(9)10-5-11(6)4-7-2-3-12-7/h5,7H,2-4H2,1H3/t7-/m0/s1. The third-order valence-corrected chi connectivity index (χ3v) is 3.29. The van der Waals surface area contributed by atoms with E-state index in [9.17, 15) is 0 Å². The minimum absolute atomic E-state index is 0.425. The fourth-order valence-electron chi connectivity index (χ4n) is 1.25. The van der Waals surface area contributed by atoms with Gasteiger partial charge in [0.15, 0.2) is 0 Å². The molecule has 1 fully saturated rings. The van der Waals surface area contributed by atoms with Gasteiger partial charge >= 0.3 is 0 Å². The predicted molar refractivity (Wildman–Crippen MR) is 54.0 cm³/mol. The SMILES string of the molecule is Cc1c(I)ncn1C[C@@H]1CCO1. The molecule has 2 heterocycles. The summed E-state index contributed by atoms with van der Waals surface area (Å²) in [6.45, 7) is 3.98. The topological polar surface area (TPSA) is 27.1 Å². The Kier molecular flexibility index (Phi) is 2.36. The Hall–Kier alpha value is -0.100. The first-order valence-electron chi connectivity index (χ1n) is 4.06. The van der Waals surface area contributed by atoms with Gasteiger partial charge in [-0.15, -0.1) is 0 Å². The Morgan fingerprint density at radius 3 is 3.00 bits per heavy atom. The van der Waals surface area contributed by atoms with Crippen LogP contribution in [0, 0.1) is 10.6 Å². The summed E-state index contributed by atoms with van der Waals surface area (Å²) in [5.74, 6) is 0. The molecule has 0 aromatic carbocycles. The maximum absolute atomic E-state index is 5.35. The lowest BCUT2D eigenvalue weighted by molar-refractivity contribution is -0.0594. The average molecular weight is 278 g/mol. The zero-order chi connectivity index (χ0) is 8.55. The average Bonchev–Trinajstić information content (AvgIpc) is 2.27. The van der Waals surface area contributed by atoms with E-state index >= 15 is 0 Å². The van der Waals surface area contributed by atoms with Crippen LogP contribution in [0.3, 0.4) is 0 Å². The third-order valence-electron chi connectivity index (χ3n) is 2.23. The van der Waals surface area contributed by atoms with Crippen LogP contribution in [0.1, 0.15) is 12.1 Å². The normalized spacial score (nSPS) is 22.3. The van der Waals surface area contributed by atoms with E-state index in [2.05, 4.69) is 39.1 Å². The first kappa shape index (κ1) is 8.50. The molecule has 0 spiro atoms. The van der Waals surface area contributed by atoms with E-state index < -0.39 is 0 Å². The molecular formula is C8H11IN2O. The molecule has 1 atom stereocenters. The van der Waals surface area contributed by atoms with Gasteiger partial charge in [-0.3, -0.25) is 0 Å². The van der Waals surface area contributed by atoms with Crippen LogP contribution in [0.4, 0.5) is 0 Å². The van der Waals surface area contributed by atoms with Crippen LogP contribution in [-0.2, 0) is 11.3 Å². The summed E-state index contributed by atoms with van der Waals surface area (Å²) in [6.07, 6.45) is 3.50. The molecule has 1 aliphatic rings. The minimum Gasteiger partial charge on any atom is -0.376 e. The second kappa shape index (κ2) is 3.33. The first-order valence-corrected chi connectivity index (χ1v) is 5.14. The maximum atomic E-state index is 5.35. The van der Waals surface area contributed by atoms with Gasteiger partial charge in [0, 0.05) is 12.3 Å². The Labute approximate surface area is 85.3 Å². The van der Waals surface area contributed by atoms with E-state index in [0.717, 1.165) is 16.9 Å². The van der Waals surface area contributed by atoms with Crippen molar-refractivity contribution in [1.82, 2.24) is 9.55 Å². The number of rotatable bonds is 2. The van der Waals surface area contributed by atoms with Crippen molar-refractivity contribution in [3.8, 4) is 0 Å². The highest BCUT2D eigenvalue weighted by atomic mass is 127. The molecule has 0 unspecified atom stereocenters. The van der Waals surface area contributed by atoms with Crippen molar-refractivity contribution in [2.45, 2.75) is 26.0 Å². The predicted octanol–water partition coefficient (Wildman–Crippen LogP) is 1.59. The molecule has 1 aromatic heterocycles. The molecule has 2 rings (SSSR count). The molecule has 0 bridgehead atoms. The highest BCUT2D eigenvalue weighted by Gasteiger charge is 2.19. The zero-order valence-electron chi connectivity index (χ0n) is 6.96. The maximum Gasteiger partial charge on any atom is 0.122 e. The molecule has 0 saturated carbocycles. The molecular weight excluding hydrogens is 267 g/mol. The summed E-state index contributed by atoms with van der Waals surface area (Å²) in [7, 11) is 0. The highest BCUT2D eigenvalue weighted by molar-refractivity contribution is 14.1. The van der Waals surface area contributed by atoms with Gasteiger partial charge in [-0.05, 0) is 35.9 Å². The Morgan fingerprint density at radius 2 is 2.58 bits per heavy atom. The van der Waals surface area contributed by atoms with E-state index in [-0.39, 0.29) is 0 Å². The fraction of sp³-hybridized carbons (Fsp3) is 0.625. The van der Waals surface area contributed by atoms with Gasteiger partial charge in [-0.2, -0.15) is 0 Å². The van der Waals surface area contributed by atoms with Crippen LogP contribution < -0.4 is 0 Å². The minimum atomic E-state index is 0.425. The third kappa shape index (κ3) is 1.50. The molecule has 66 valence electrons. The van der Waals surface area contributed by atoms with Crippen LogP contribution in [0.5, 0.6) is 0 Å². The van der Waals surface area contributed by atoms with Crippen molar-refractivity contribution >= 4 is 22.6 Å². The smallest absolute Gasteiger partial charge is 0.122 e. The van der Waals surface area contributed by atoms with Gasteiger partial charge in [0.05, 0.1) is 19.0 Å². The van der Waals surface area contributed by atoms with Crippen LogP contribution in [0.25, 0.3) is 0 Å². The molecule has 1 saturated heterocycles. The van der Waals surface area contributed by atoms with Crippen LogP contribution in [0.2, 0.25) is 0 Å². The molecule has 12 heavy (non-hydrogen) atoms. The van der Waals surface area contributed by atoms with Crippen LogP contribution in [0.15, 0.2) is 6.33 Å². The van der Waals surface area contributed by atoms with E-state index in [1.54, 1.807) is 0 Å². The number of hydrogen-bond donors (Lipinski definition) is 0. The van der Waals surface area contributed by atoms with Gasteiger partial charge < -0.3 is 9.30 Å². The van der Waals surface area contributed by atoms with Gasteiger partial charge in [0.2, 0.25) is 0 Å². The Morgan fingerprint density at radius 1 is 1.83 bits per heavy atom. The number of hydrogen-bond acceptors (Lipinski definition) is 2. The molecule has 1 aliphatic heterocycles. The lowest BCUT2D eigenvalue weighted by Gasteiger charge is -2.26. The molecule has 0 N–H and O–H groups in total. The van der Waals surface area contributed by atoms with Crippen molar-refractivity contribution < 1.29 is 4.74 Å². The summed E-state index contributed by atoms with van der Waals surface area (Å²) in [6, 6.07) is 0. The van der Waals surface area contributed by atoms with Crippen molar-refractivity contribution in [2.24, 2.45) is 0 Å². The monoisotopic (exact) mass is 278 g/mol. The number of imidazole rings is 1. The summed E-state index contributed by atoms with van der Waals surface area (Å²) in [5, 5.41) is 0. The summed E-state index contributed by atoms with van der Waals surface area (Å²) < 4.78 is 8.60. The molecule has 1 aromatic rings. The Bertz CT molecular complexity index is 281. The van der Waals surface area contributed by atoms with Crippen LogP contribution in [-0.4, -0.2) is 22.3 Å². The van der Waals surface area contributed by atoms with Crippen molar-refractivity contribution in [3.05, 3.63) is 15.7 Å². The molecule has 4 heteroatoms. The highest BCUT2D eigenvalue weighted by Crippen LogP contribution is 2.16. The second-order valence-electron chi connectivity index (χ2n) is 3.05. The van der Waals surface area contributed by atoms with Gasteiger partial charge in [-0.25, -0.2) is 4.98 Å². The second-order valence-corrected chi connectivity index (χ2v) is 4.08. The van der Waals surface area contributed by atoms with Crippen molar-refractivity contribution in [3.63, 3.8) is 0 Å². The largest absolute Gasteiger partial charge is 0.376 e. The van der Waals surface area contributed by atoms with E-state index in [1.165, 1.54) is 12.1 Å². The van der Waals surface area contributed by atoms with Gasteiger partial charge in [0.25, 0.3) is 0 Å². The number of ether oxygens (including phenoxy) is 1. The lowest BCUT2D eigenvalue weighted by Crippen LogP contribution is -2.31. The molecule has 0 aliphatic carbocycles. The Balaban J connectivity index is 2.06. The lowest BCUT2D eigenvalue weighted by atomic mass is 10.2. The summed E-state index contributed by atoms with van der Waals surface area (Å²) in [4.78, 5) is 4.22.